The largest absolute Gasteiger partial charge is 0.391 e. The maximum atomic E-state index is 14.0. The maximum absolute atomic E-state index is 14.0. The first kappa shape index (κ1) is 41.0. The van der Waals surface area contributed by atoms with Gasteiger partial charge in [0.2, 0.25) is 23.6 Å². The number of aliphatic hydroxyl groups excluding tert-OH is 1. The van der Waals surface area contributed by atoms with Crippen molar-refractivity contribution in [2.75, 3.05) is 47.9 Å². The van der Waals surface area contributed by atoms with Gasteiger partial charge in [-0.25, -0.2) is 8.78 Å². The number of benzene rings is 1. The highest BCUT2D eigenvalue weighted by molar-refractivity contribution is 5.87. The number of methoxy groups -OCH3 is 2. The molecular weight excluding hydrogens is 628 g/mol. The SMILES string of the molecule is CCC[C@@H](C(CC(=O)N1CC(O)CC1C(OC)C(C)C(=O)NCCc1c(F)cccc1F)OC)N(C)C(=O)CNC(=O)C(NC)C(C)C. The van der Waals surface area contributed by atoms with E-state index in [0.717, 1.165) is 12.1 Å². The second-order valence-electron chi connectivity index (χ2n) is 12.8. The van der Waals surface area contributed by atoms with Gasteiger partial charge in [-0.1, -0.05) is 40.2 Å². The molecule has 1 saturated heterocycles. The molecule has 0 spiro atoms. The van der Waals surface area contributed by atoms with Crippen molar-refractivity contribution in [3.05, 3.63) is 35.4 Å². The smallest absolute Gasteiger partial charge is 0.242 e. The third kappa shape index (κ3) is 10.9. The Balaban J connectivity index is 2.11. The van der Waals surface area contributed by atoms with Crippen molar-refractivity contribution in [3.63, 3.8) is 0 Å². The number of halogens is 2. The first-order chi connectivity index (χ1) is 22.7. The van der Waals surface area contributed by atoms with Crippen molar-refractivity contribution in [2.24, 2.45) is 11.8 Å². The monoisotopic (exact) mass is 683 g/mol. The molecule has 7 atom stereocenters. The van der Waals surface area contributed by atoms with Crippen LogP contribution in [0, 0.1) is 23.5 Å². The van der Waals surface area contributed by atoms with E-state index in [1.807, 2.05) is 20.8 Å². The van der Waals surface area contributed by atoms with Crippen molar-refractivity contribution in [1.82, 2.24) is 25.8 Å². The average Bonchev–Trinajstić information content (AvgIpc) is 3.43. The number of hydrogen-bond acceptors (Lipinski definition) is 8. The Bertz CT molecular complexity index is 1200. The number of amides is 4. The summed E-state index contributed by atoms with van der Waals surface area (Å²) in [6.07, 6.45) is -1.06. The topological polar surface area (TPSA) is 150 Å². The number of likely N-dealkylation sites (tertiary alicyclic amines) is 1. The van der Waals surface area contributed by atoms with E-state index in [-0.39, 0.29) is 68.1 Å². The normalized spacial score (nSPS) is 19.4. The molecule has 272 valence electrons. The van der Waals surface area contributed by atoms with Crippen LogP contribution in [0.3, 0.4) is 0 Å². The molecule has 4 amide bonds. The molecule has 4 N–H and O–H groups in total. The number of ether oxygens (including phenoxy) is 2. The Morgan fingerprint density at radius 3 is 2.25 bits per heavy atom. The second-order valence-corrected chi connectivity index (χ2v) is 12.8. The molecule has 6 unspecified atom stereocenters. The minimum absolute atomic E-state index is 0.00848. The quantitative estimate of drug-likeness (QED) is 0.172. The molecule has 12 nitrogen and oxygen atoms in total. The lowest BCUT2D eigenvalue weighted by Gasteiger charge is -2.37. The lowest BCUT2D eigenvalue weighted by Crippen LogP contribution is -2.53. The van der Waals surface area contributed by atoms with Crippen molar-refractivity contribution >= 4 is 23.6 Å². The third-order valence-corrected chi connectivity index (χ3v) is 9.19. The van der Waals surface area contributed by atoms with Gasteiger partial charge in [0.25, 0.3) is 0 Å². The van der Waals surface area contributed by atoms with Gasteiger partial charge in [-0.15, -0.1) is 0 Å². The van der Waals surface area contributed by atoms with E-state index in [1.165, 1.54) is 30.1 Å². The predicted octanol–water partition coefficient (Wildman–Crippen LogP) is 1.63. The van der Waals surface area contributed by atoms with E-state index >= 15 is 0 Å². The molecule has 1 aromatic carbocycles. The highest BCUT2D eigenvalue weighted by Gasteiger charge is 2.44. The van der Waals surface area contributed by atoms with Gasteiger partial charge >= 0.3 is 0 Å². The van der Waals surface area contributed by atoms with Crippen LogP contribution in [-0.4, -0.2) is 123 Å². The summed E-state index contributed by atoms with van der Waals surface area (Å²) < 4.78 is 39.5. The van der Waals surface area contributed by atoms with Gasteiger partial charge < -0.3 is 40.3 Å². The highest BCUT2D eigenvalue weighted by atomic mass is 19.1. The fourth-order valence-electron chi connectivity index (χ4n) is 6.47. The van der Waals surface area contributed by atoms with E-state index in [4.69, 9.17) is 9.47 Å². The highest BCUT2D eigenvalue weighted by Crippen LogP contribution is 2.29. The van der Waals surface area contributed by atoms with Crippen molar-refractivity contribution < 1.29 is 42.5 Å². The fourth-order valence-corrected chi connectivity index (χ4v) is 6.47. The number of nitrogens with one attached hydrogen (secondary N) is 3. The zero-order chi connectivity index (χ0) is 36.1. The first-order valence-electron chi connectivity index (χ1n) is 16.7. The second kappa shape index (κ2) is 19.7. The molecule has 0 bridgehead atoms. The Labute approximate surface area is 283 Å². The number of likely N-dealkylation sites (N-methyl/N-ethyl adjacent to an activating group) is 2. The van der Waals surface area contributed by atoms with Crippen LogP contribution in [-0.2, 0) is 35.1 Å². The van der Waals surface area contributed by atoms with Crippen LogP contribution in [0.25, 0.3) is 0 Å². The van der Waals surface area contributed by atoms with Gasteiger partial charge in [0.05, 0.1) is 55.3 Å². The van der Waals surface area contributed by atoms with E-state index in [1.54, 1.807) is 21.0 Å². The van der Waals surface area contributed by atoms with Gasteiger partial charge in [0.15, 0.2) is 0 Å². The van der Waals surface area contributed by atoms with Gasteiger partial charge in [-0.2, -0.15) is 0 Å². The standard InChI is InChI=1S/C34H55F2N5O7/c1-9-11-26(40(6)30(44)18-39-34(46)31(37-5)20(2)3)28(47-7)17-29(43)41-19-22(42)16-27(41)32(48-8)21(4)33(45)38-15-14-23-24(35)12-10-13-25(23)36/h10,12-13,20-22,26-28,31-32,37,42H,9,11,14-19H2,1-8H3,(H,38,45)(H,39,46)/t21?,22?,26-,27?,28?,31?,32?/m0/s1. The Kier molecular flexibility index (Phi) is 16.8. The van der Waals surface area contributed by atoms with Crippen LogP contribution in [0.15, 0.2) is 18.2 Å². The summed E-state index contributed by atoms with van der Waals surface area (Å²) in [6, 6.07) is 2.02. The van der Waals surface area contributed by atoms with Crippen molar-refractivity contribution in [1.29, 1.82) is 0 Å². The summed E-state index contributed by atoms with van der Waals surface area (Å²) in [4.78, 5) is 55.7. The molecule has 1 heterocycles. The van der Waals surface area contributed by atoms with E-state index < -0.39 is 59.9 Å². The van der Waals surface area contributed by atoms with Crippen LogP contribution >= 0.6 is 0 Å². The van der Waals surface area contributed by atoms with E-state index in [9.17, 15) is 33.1 Å². The number of carbonyl (C=O) groups is 4. The summed E-state index contributed by atoms with van der Waals surface area (Å²) in [5.41, 5.74) is -0.121. The van der Waals surface area contributed by atoms with Crippen molar-refractivity contribution in [2.45, 2.75) is 96.2 Å². The molecule has 0 radical (unpaired) electrons. The number of rotatable bonds is 19. The molecule has 2 rings (SSSR count). The zero-order valence-corrected chi connectivity index (χ0v) is 29.6. The number of hydrogen-bond donors (Lipinski definition) is 4. The molecule has 1 aliphatic heterocycles. The summed E-state index contributed by atoms with van der Waals surface area (Å²) in [5.74, 6) is -3.50. The molecule has 1 aromatic rings. The van der Waals surface area contributed by atoms with Crippen LogP contribution in [0.4, 0.5) is 8.78 Å². The van der Waals surface area contributed by atoms with Crippen molar-refractivity contribution in [3.8, 4) is 0 Å². The van der Waals surface area contributed by atoms with Gasteiger partial charge in [0, 0.05) is 39.9 Å². The number of nitrogens with zero attached hydrogens (tertiary/aromatic N) is 2. The van der Waals surface area contributed by atoms with Gasteiger partial charge in [0.1, 0.15) is 11.6 Å². The minimum Gasteiger partial charge on any atom is -0.391 e. The molecule has 0 aliphatic carbocycles. The minimum atomic E-state index is -0.844. The van der Waals surface area contributed by atoms with Crippen LogP contribution in [0.5, 0.6) is 0 Å². The van der Waals surface area contributed by atoms with Gasteiger partial charge in [-0.3, -0.25) is 19.2 Å². The molecule has 0 aromatic heterocycles. The number of β-amino-alcohol motifs (C(OH)–C–C–N with tert-alkyl or cyclic N) is 1. The molecule has 1 aliphatic rings. The Hall–Kier alpha value is -3.20. The van der Waals surface area contributed by atoms with E-state index in [0.29, 0.717) is 12.8 Å². The summed E-state index contributed by atoms with van der Waals surface area (Å²) in [6.45, 7) is 7.20. The van der Waals surface area contributed by atoms with Crippen LogP contribution in [0.1, 0.15) is 58.9 Å². The predicted molar refractivity (Wildman–Crippen MR) is 177 cm³/mol. The summed E-state index contributed by atoms with van der Waals surface area (Å²) in [7, 11) is 6.19. The molecule has 0 saturated carbocycles. The number of aliphatic hydroxyl groups is 1. The zero-order valence-electron chi connectivity index (χ0n) is 29.6. The number of carbonyl (C=O) groups excluding carboxylic acids is 4. The molecular formula is C34H55F2N5O7. The Morgan fingerprint density at radius 2 is 1.71 bits per heavy atom. The van der Waals surface area contributed by atoms with Gasteiger partial charge in [-0.05, 0) is 44.4 Å². The van der Waals surface area contributed by atoms with E-state index in [2.05, 4.69) is 16.0 Å². The maximum Gasteiger partial charge on any atom is 0.242 e. The molecule has 14 heteroatoms. The first-order valence-corrected chi connectivity index (χ1v) is 16.7. The average molecular weight is 684 g/mol. The molecule has 1 fully saturated rings. The lowest BCUT2D eigenvalue weighted by atomic mass is 9.94. The fraction of sp³-hybridized carbons (Fsp3) is 0.706. The van der Waals surface area contributed by atoms with Crippen LogP contribution in [0.2, 0.25) is 0 Å². The lowest BCUT2D eigenvalue weighted by molar-refractivity contribution is -0.144. The summed E-state index contributed by atoms with van der Waals surface area (Å²) >= 11 is 0. The summed E-state index contributed by atoms with van der Waals surface area (Å²) in [5, 5.41) is 18.9. The Morgan fingerprint density at radius 1 is 1.06 bits per heavy atom. The van der Waals surface area contributed by atoms with Crippen LogP contribution < -0.4 is 16.0 Å². The third-order valence-electron chi connectivity index (χ3n) is 9.19. The molecule has 48 heavy (non-hydrogen) atoms.